The second kappa shape index (κ2) is 7.98. The highest BCUT2D eigenvalue weighted by Crippen LogP contribution is 2.43. The lowest BCUT2D eigenvalue weighted by Gasteiger charge is -2.18. The Bertz CT molecular complexity index is 962. The number of esters is 1. The average molecular weight is 381 g/mol. The molecule has 3 aromatic carbocycles. The maximum Gasteiger partial charge on any atom is 0.319 e. The summed E-state index contributed by atoms with van der Waals surface area (Å²) in [5, 5.41) is 12.1. The number of carbonyl (C=O) groups is 1. The largest absolute Gasteiger partial charge is 0.419 e. The summed E-state index contributed by atoms with van der Waals surface area (Å²) in [5.41, 5.74) is -0.319. The van der Waals surface area contributed by atoms with Crippen molar-refractivity contribution in [1.29, 1.82) is 0 Å². The highest BCUT2D eigenvalue weighted by Gasteiger charge is 2.32. The maximum absolute atomic E-state index is 13.8. The van der Waals surface area contributed by atoms with Crippen LogP contribution in [-0.4, -0.2) is 17.1 Å². The summed E-state index contributed by atoms with van der Waals surface area (Å²) in [5.74, 6) is -0.958. The third-order valence-electron chi connectivity index (χ3n) is 3.98. The van der Waals surface area contributed by atoms with Gasteiger partial charge in [0, 0.05) is 16.7 Å². The number of nitro benzene ring substituents is 1. The number of nitro groups is 1. The number of ether oxygens (including phenoxy) is 1. The first-order chi connectivity index (χ1) is 13.0. The Morgan fingerprint density at radius 2 is 1.33 bits per heavy atom. The predicted octanol–water partition coefficient (Wildman–Crippen LogP) is 3.51. The van der Waals surface area contributed by atoms with Crippen molar-refractivity contribution in [3.63, 3.8) is 0 Å². The van der Waals surface area contributed by atoms with E-state index in [0.717, 1.165) is 0 Å². The van der Waals surface area contributed by atoms with Gasteiger partial charge in [-0.25, -0.2) is 0 Å². The third-order valence-corrected chi connectivity index (χ3v) is 6.95. The number of benzene rings is 3. The van der Waals surface area contributed by atoms with Gasteiger partial charge in [-0.05, 0) is 6.07 Å². The second-order valence-electron chi connectivity index (χ2n) is 5.77. The summed E-state index contributed by atoms with van der Waals surface area (Å²) in [6, 6.07) is 23.0. The van der Waals surface area contributed by atoms with Crippen LogP contribution in [-0.2, 0) is 9.36 Å². The van der Waals surface area contributed by atoms with Crippen LogP contribution in [0.2, 0.25) is 0 Å². The summed E-state index contributed by atoms with van der Waals surface area (Å²) in [6.07, 6.45) is -0.396. The molecule has 3 rings (SSSR count). The molecule has 3 aromatic rings. The van der Waals surface area contributed by atoms with Crippen LogP contribution in [0.15, 0.2) is 84.9 Å². The van der Waals surface area contributed by atoms with Gasteiger partial charge in [-0.15, -0.1) is 0 Å². The molecule has 0 N–H and O–H groups in total. The zero-order valence-electron chi connectivity index (χ0n) is 14.2. The molecule has 0 aliphatic rings. The van der Waals surface area contributed by atoms with Crippen molar-refractivity contribution in [1.82, 2.24) is 0 Å². The first-order valence-electron chi connectivity index (χ1n) is 8.15. The van der Waals surface area contributed by atoms with Crippen LogP contribution < -0.4 is 15.3 Å². The molecule has 0 fully saturated rings. The van der Waals surface area contributed by atoms with Crippen LogP contribution >= 0.6 is 7.14 Å². The summed E-state index contributed by atoms with van der Waals surface area (Å²) in [4.78, 5) is 23.0. The average Bonchev–Trinajstić information content (AvgIpc) is 2.69. The van der Waals surface area contributed by atoms with E-state index in [1.807, 2.05) is 0 Å². The Kier molecular flexibility index (Phi) is 5.48. The van der Waals surface area contributed by atoms with E-state index in [9.17, 15) is 19.5 Å². The molecule has 136 valence electrons. The smallest absolute Gasteiger partial charge is 0.319 e. The molecule has 0 amide bonds. The Hall–Kier alpha value is -3.24. The van der Waals surface area contributed by atoms with Crippen molar-refractivity contribution >= 4 is 29.4 Å². The summed E-state index contributed by atoms with van der Waals surface area (Å²) in [7, 11) is -3.30. The topological polar surface area (TPSA) is 86.5 Å². The molecule has 6 nitrogen and oxygen atoms in total. The van der Waals surface area contributed by atoms with E-state index in [4.69, 9.17) is 4.74 Å². The Morgan fingerprint density at radius 3 is 1.85 bits per heavy atom. The maximum atomic E-state index is 13.8. The minimum atomic E-state index is -3.30. The van der Waals surface area contributed by atoms with Gasteiger partial charge in [0.25, 0.3) is 0 Å². The molecular weight excluding hydrogens is 365 g/mol. The molecule has 0 saturated heterocycles. The molecule has 0 aliphatic carbocycles. The lowest BCUT2D eigenvalue weighted by Crippen LogP contribution is -2.25. The first kappa shape index (κ1) is 18.5. The molecule has 0 unspecified atom stereocenters. The third kappa shape index (κ3) is 4.13. The quantitative estimate of drug-likeness (QED) is 0.214. The minimum Gasteiger partial charge on any atom is -0.419 e. The fourth-order valence-corrected chi connectivity index (χ4v) is 5.10. The van der Waals surface area contributed by atoms with Crippen molar-refractivity contribution in [3.05, 3.63) is 95.0 Å². The van der Waals surface area contributed by atoms with Gasteiger partial charge in [-0.1, -0.05) is 72.8 Å². The van der Waals surface area contributed by atoms with E-state index in [2.05, 4.69) is 0 Å². The lowest BCUT2D eigenvalue weighted by atomic mass is 10.3. The lowest BCUT2D eigenvalue weighted by molar-refractivity contribution is -0.385. The number of carbonyl (C=O) groups excluding carboxylic acids is 1. The highest BCUT2D eigenvalue weighted by atomic mass is 31.2. The van der Waals surface area contributed by atoms with Gasteiger partial charge < -0.3 is 9.30 Å². The molecule has 0 aromatic heterocycles. The molecule has 0 spiro atoms. The summed E-state index contributed by atoms with van der Waals surface area (Å²) in [6.45, 7) is 0. The predicted molar refractivity (Wildman–Crippen MR) is 103 cm³/mol. The Labute approximate surface area is 155 Å². The van der Waals surface area contributed by atoms with Gasteiger partial charge in [-0.2, -0.15) is 0 Å². The van der Waals surface area contributed by atoms with Crippen LogP contribution in [0.1, 0.15) is 0 Å². The molecule has 0 saturated carbocycles. The molecule has 0 bridgehead atoms. The van der Waals surface area contributed by atoms with Crippen LogP contribution in [0.4, 0.5) is 5.69 Å². The fraction of sp³-hybridized carbons (Fsp3) is 0.0500. The van der Waals surface area contributed by atoms with Crippen molar-refractivity contribution < 1.29 is 19.0 Å². The van der Waals surface area contributed by atoms with Crippen molar-refractivity contribution in [3.8, 4) is 5.75 Å². The molecule has 7 heteroatoms. The molecular formula is C20H16NO5P. The van der Waals surface area contributed by atoms with E-state index in [-0.39, 0.29) is 11.4 Å². The number of hydrogen-bond donors (Lipinski definition) is 0. The molecule has 27 heavy (non-hydrogen) atoms. The van der Waals surface area contributed by atoms with E-state index in [1.54, 1.807) is 60.7 Å². The van der Waals surface area contributed by atoms with Crippen LogP contribution in [0.5, 0.6) is 5.75 Å². The SMILES string of the molecule is O=C(CP(=O)(c1ccccc1)c1ccccc1)Oc1ccccc1[N+](=O)[O-]. The van der Waals surface area contributed by atoms with Crippen LogP contribution in [0.3, 0.4) is 0 Å². The van der Waals surface area contributed by atoms with Gasteiger partial charge in [0.05, 0.1) is 4.92 Å². The number of para-hydroxylation sites is 2. The molecule has 0 atom stereocenters. The van der Waals surface area contributed by atoms with E-state index < -0.39 is 24.2 Å². The van der Waals surface area contributed by atoms with Gasteiger partial charge in [0.15, 0.2) is 7.14 Å². The summed E-state index contributed by atoms with van der Waals surface area (Å²) < 4.78 is 19.0. The van der Waals surface area contributed by atoms with Gasteiger partial charge in [0.2, 0.25) is 5.75 Å². The monoisotopic (exact) mass is 381 g/mol. The number of rotatable bonds is 6. The summed E-state index contributed by atoms with van der Waals surface area (Å²) >= 11 is 0. The van der Waals surface area contributed by atoms with Crippen LogP contribution in [0, 0.1) is 10.1 Å². The normalized spacial score (nSPS) is 11.0. The standard InChI is InChI=1S/C20H16NO5P/c22-20(26-19-14-8-7-13-18(19)21(23)24)15-27(25,16-9-3-1-4-10-16)17-11-5-2-6-12-17/h1-14H,15H2. The second-order valence-corrected chi connectivity index (χ2v) is 8.60. The van der Waals surface area contributed by atoms with Gasteiger partial charge in [0.1, 0.15) is 6.16 Å². The Balaban J connectivity index is 1.93. The minimum absolute atomic E-state index is 0.167. The molecule has 0 radical (unpaired) electrons. The van der Waals surface area contributed by atoms with E-state index in [0.29, 0.717) is 10.6 Å². The zero-order valence-corrected chi connectivity index (χ0v) is 15.1. The van der Waals surface area contributed by atoms with Crippen LogP contribution in [0.25, 0.3) is 0 Å². The highest BCUT2D eigenvalue weighted by molar-refractivity contribution is 7.79. The first-order valence-corrected chi connectivity index (χ1v) is 10.0. The molecule has 0 aliphatic heterocycles. The Morgan fingerprint density at radius 1 is 0.852 bits per heavy atom. The zero-order chi connectivity index (χ0) is 19.3. The van der Waals surface area contributed by atoms with Crippen molar-refractivity contribution in [2.24, 2.45) is 0 Å². The fourth-order valence-electron chi connectivity index (χ4n) is 2.70. The number of nitrogens with zero attached hydrogens (tertiary/aromatic N) is 1. The van der Waals surface area contributed by atoms with Crippen molar-refractivity contribution in [2.75, 3.05) is 6.16 Å². The van der Waals surface area contributed by atoms with E-state index >= 15 is 0 Å². The van der Waals surface area contributed by atoms with E-state index in [1.165, 1.54) is 24.3 Å². The van der Waals surface area contributed by atoms with Gasteiger partial charge in [-0.3, -0.25) is 14.9 Å². The van der Waals surface area contributed by atoms with Gasteiger partial charge >= 0.3 is 11.7 Å². The number of hydrogen-bond acceptors (Lipinski definition) is 5. The molecule has 0 heterocycles. The van der Waals surface area contributed by atoms with Crippen molar-refractivity contribution in [2.45, 2.75) is 0 Å².